The standard InChI is InChI=1S/C26H28N4O4S/c1-28(22-10-4-2-5-11-22)35(33,34)24-14-8-9-21(19-24)26(32)27-20-25(31)30-17-15-29(16-18-30)23-12-6-3-7-13-23/h2-14,19H,15-18,20H2,1H3,(H,27,32). The van der Waals surface area contributed by atoms with Gasteiger partial charge in [0.2, 0.25) is 5.91 Å². The number of carbonyl (C=O) groups excluding carboxylic acids is 2. The molecule has 35 heavy (non-hydrogen) atoms. The zero-order valence-corrected chi connectivity index (χ0v) is 20.3. The number of rotatable bonds is 7. The Morgan fingerprint density at radius 1 is 0.857 bits per heavy atom. The fourth-order valence-corrected chi connectivity index (χ4v) is 5.20. The smallest absolute Gasteiger partial charge is 0.264 e. The molecule has 1 heterocycles. The Labute approximate surface area is 205 Å². The highest BCUT2D eigenvalue weighted by Gasteiger charge is 2.24. The van der Waals surface area contributed by atoms with Crippen LogP contribution < -0.4 is 14.5 Å². The Morgan fingerprint density at radius 2 is 1.49 bits per heavy atom. The lowest BCUT2D eigenvalue weighted by Gasteiger charge is -2.36. The van der Waals surface area contributed by atoms with Gasteiger partial charge in [-0.25, -0.2) is 8.42 Å². The van der Waals surface area contributed by atoms with Crippen LogP contribution in [0.2, 0.25) is 0 Å². The molecule has 1 saturated heterocycles. The molecule has 0 spiro atoms. The molecule has 1 aliphatic rings. The molecule has 9 heteroatoms. The molecule has 0 unspecified atom stereocenters. The quantitative estimate of drug-likeness (QED) is 0.548. The molecule has 0 bridgehead atoms. The summed E-state index contributed by atoms with van der Waals surface area (Å²) >= 11 is 0. The van der Waals surface area contributed by atoms with E-state index in [0.717, 1.165) is 18.8 Å². The zero-order valence-electron chi connectivity index (χ0n) is 19.5. The molecule has 2 amide bonds. The Balaban J connectivity index is 1.34. The molecular formula is C26H28N4O4S. The van der Waals surface area contributed by atoms with Gasteiger partial charge >= 0.3 is 0 Å². The van der Waals surface area contributed by atoms with Gasteiger partial charge in [0.1, 0.15) is 0 Å². The number of hydrogen-bond donors (Lipinski definition) is 1. The van der Waals surface area contributed by atoms with Crippen molar-refractivity contribution in [2.75, 3.05) is 49.0 Å². The highest BCUT2D eigenvalue weighted by molar-refractivity contribution is 7.92. The average molecular weight is 493 g/mol. The molecule has 1 fully saturated rings. The first-order valence-corrected chi connectivity index (χ1v) is 12.8. The van der Waals surface area contributed by atoms with E-state index >= 15 is 0 Å². The number of benzene rings is 3. The third kappa shape index (κ3) is 5.63. The molecule has 1 aliphatic heterocycles. The topological polar surface area (TPSA) is 90.0 Å². The second-order valence-corrected chi connectivity index (χ2v) is 10.2. The number of para-hydroxylation sites is 2. The lowest BCUT2D eigenvalue weighted by Crippen LogP contribution is -2.51. The van der Waals surface area contributed by atoms with Crippen LogP contribution in [0.5, 0.6) is 0 Å². The monoisotopic (exact) mass is 492 g/mol. The summed E-state index contributed by atoms with van der Waals surface area (Å²) in [7, 11) is -2.39. The molecule has 182 valence electrons. The number of sulfonamides is 1. The first-order chi connectivity index (χ1) is 16.9. The van der Waals surface area contributed by atoms with E-state index in [1.807, 2.05) is 30.3 Å². The van der Waals surface area contributed by atoms with Crippen molar-refractivity contribution in [1.29, 1.82) is 0 Å². The molecule has 3 aromatic carbocycles. The van der Waals surface area contributed by atoms with Gasteiger partial charge in [-0.2, -0.15) is 0 Å². The number of nitrogens with one attached hydrogen (secondary N) is 1. The van der Waals surface area contributed by atoms with E-state index in [-0.39, 0.29) is 22.9 Å². The van der Waals surface area contributed by atoms with Crippen molar-refractivity contribution in [1.82, 2.24) is 10.2 Å². The Bertz CT molecular complexity index is 1270. The Hall–Kier alpha value is -3.85. The summed E-state index contributed by atoms with van der Waals surface area (Å²) in [6.07, 6.45) is 0. The van der Waals surface area contributed by atoms with E-state index in [2.05, 4.69) is 10.2 Å². The number of anilines is 2. The maximum absolute atomic E-state index is 13.0. The van der Waals surface area contributed by atoms with Crippen molar-refractivity contribution >= 4 is 33.2 Å². The van der Waals surface area contributed by atoms with Gasteiger partial charge in [0, 0.05) is 44.5 Å². The van der Waals surface area contributed by atoms with Crippen LogP contribution in [-0.2, 0) is 14.8 Å². The van der Waals surface area contributed by atoms with E-state index in [9.17, 15) is 18.0 Å². The fourth-order valence-electron chi connectivity index (χ4n) is 3.96. The molecule has 3 aromatic rings. The third-order valence-corrected chi connectivity index (χ3v) is 7.81. The number of hydrogen-bond acceptors (Lipinski definition) is 5. The van der Waals surface area contributed by atoms with Crippen LogP contribution >= 0.6 is 0 Å². The van der Waals surface area contributed by atoms with Gasteiger partial charge in [-0.3, -0.25) is 13.9 Å². The van der Waals surface area contributed by atoms with E-state index in [1.165, 1.54) is 35.6 Å². The summed E-state index contributed by atoms with van der Waals surface area (Å²) in [4.78, 5) is 29.3. The number of nitrogens with zero attached hydrogens (tertiary/aromatic N) is 3. The predicted molar refractivity (Wildman–Crippen MR) is 136 cm³/mol. The number of amides is 2. The molecule has 1 N–H and O–H groups in total. The maximum atomic E-state index is 13.0. The largest absolute Gasteiger partial charge is 0.368 e. The van der Waals surface area contributed by atoms with Gasteiger partial charge in [-0.15, -0.1) is 0 Å². The van der Waals surface area contributed by atoms with Crippen LogP contribution in [0, 0.1) is 0 Å². The number of piperazine rings is 1. The molecular weight excluding hydrogens is 464 g/mol. The molecule has 0 aliphatic carbocycles. The van der Waals surface area contributed by atoms with Crippen LogP contribution in [0.3, 0.4) is 0 Å². The van der Waals surface area contributed by atoms with Crippen LogP contribution in [-0.4, -0.2) is 64.9 Å². The Kier molecular flexibility index (Phi) is 7.36. The molecule has 0 radical (unpaired) electrons. The lowest BCUT2D eigenvalue weighted by atomic mass is 10.2. The lowest BCUT2D eigenvalue weighted by molar-refractivity contribution is -0.130. The van der Waals surface area contributed by atoms with Crippen LogP contribution in [0.15, 0.2) is 89.8 Å². The molecule has 0 atom stereocenters. The van der Waals surface area contributed by atoms with Crippen molar-refractivity contribution in [3.63, 3.8) is 0 Å². The highest BCUT2D eigenvalue weighted by atomic mass is 32.2. The SMILES string of the molecule is CN(c1ccccc1)S(=O)(=O)c1cccc(C(=O)NCC(=O)N2CCN(c3ccccc3)CC2)c1. The number of carbonyl (C=O) groups is 2. The van der Waals surface area contributed by atoms with Crippen molar-refractivity contribution < 1.29 is 18.0 Å². The van der Waals surface area contributed by atoms with E-state index in [4.69, 9.17) is 0 Å². The third-order valence-electron chi connectivity index (χ3n) is 6.03. The summed E-state index contributed by atoms with van der Waals surface area (Å²) in [5.74, 6) is -0.667. The van der Waals surface area contributed by atoms with Crippen LogP contribution in [0.25, 0.3) is 0 Å². The van der Waals surface area contributed by atoms with Gasteiger partial charge in [0.05, 0.1) is 17.1 Å². The minimum atomic E-state index is -3.85. The van der Waals surface area contributed by atoms with Gasteiger partial charge in [-0.1, -0.05) is 42.5 Å². The van der Waals surface area contributed by atoms with Gasteiger partial charge < -0.3 is 15.1 Å². The van der Waals surface area contributed by atoms with Gasteiger partial charge in [-0.05, 0) is 42.5 Å². The zero-order chi connectivity index (χ0) is 24.8. The van der Waals surface area contributed by atoms with Crippen molar-refractivity contribution in [2.45, 2.75) is 4.90 Å². The van der Waals surface area contributed by atoms with Crippen molar-refractivity contribution in [3.8, 4) is 0 Å². The minimum absolute atomic E-state index is 0.000126. The highest BCUT2D eigenvalue weighted by Crippen LogP contribution is 2.22. The van der Waals surface area contributed by atoms with E-state index < -0.39 is 15.9 Å². The normalized spacial score (nSPS) is 13.9. The summed E-state index contributed by atoms with van der Waals surface area (Å²) < 4.78 is 27.2. The first-order valence-electron chi connectivity index (χ1n) is 11.4. The first kappa shape index (κ1) is 24.3. The Morgan fingerprint density at radius 3 is 2.14 bits per heavy atom. The molecule has 8 nitrogen and oxygen atoms in total. The van der Waals surface area contributed by atoms with Crippen LogP contribution in [0.4, 0.5) is 11.4 Å². The fraction of sp³-hybridized carbons (Fsp3) is 0.231. The predicted octanol–water partition coefficient (Wildman–Crippen LogP) is 2.59. The second-order valence-electron chi connectivity index (χ2n) is 8.22. The summed E-state index contributed by atoms with van der Waals surface area (Å²) in [5, 5.41) is 2.63. The molecule has 4 rings (SSSR count). The van der Waals surface area contributed by atoms with Crippen LogP contribution in [0.1, 0.15) is 10.4 Å². The van der Waals surface area contributed by atoms with E-state index in [0.29, 0.717) is 18.8 Å². The summed E-state index contributed by atoms with van der Waals surface area (Å²) in [6.45, 7) is 2.44. The summed E-state index contributed by atoms with van der Waals surface area (Å²) in [5.41, 5.74) is 1.81. The average Bonchev–Trinajstić information content (AvgIpc) is 2.92. The molecule has 0 saturated carbocycles. The van der Waals surface area contributed by atoms with Crippen molar-refractivity contribution in [2.24, 2.45) is 0 Å². The molecule has 0 aromatic heterocycles. The van der Waals surface area contributed by atoms with Crippen molar-refractivity contribution in [3.05, 3.63) is 90.5 Å². The van der Waals surface area contributed by atoms with Gasteiger partial charge in [0.25, 0.3) is 15.9 Å². The van der Waals surface area contributed by atoms with Gasteiger partial charge in [0.15, 0.2) is 0 Å². The second kappa shape index (κ2) is 10.6. The minimum Gasteiger partial charge on any atom is -0.368 e. The summed E-state index contributed by atoms with van der Waals surface area (Å²) in [6, 6.07) is 24.6. The van der Waals surface area contributed by atoms with E-state index in [1.54, 1.807) is 35.2 Å². The maximum Gasteiger partial charge on any atom is 0.264 e.